The van der Waals surface area contributed by atoms with Gasteiger partial charge in [-0.3, -0.25) is 0 Å². The summed E-state index contributed by atoms with van der Waals surface area (Å²) in [6, 6.07) is 5.88. The molecule has 1 saturated heterocycles. The molecule has 0 bridgehead atoms. The van der Waals surface area contributed by atoms with Gasteiger partial charge in [0.15, 0.2) is 0 Å². The van der Waals surface area contributed by atoms with Crippen molar-refractivity contribution in [1.29, 1.82) is 0 Å². The van der Waals surface area contributed by atoms with Gasteiger partial charge in [0.1, 0.15) is 5.82 Å². The molecule has 0 saturated carbocycles. The number of nitrogens with zero attached hydrogens (tertiary/aromatic N) is 1. The number of rotatable bonds is 6. The van der Waals surface area contributed by atoms with Crippen molar-refractivity contribution >= 4 is 11.8 Å². The lowest BCUT2D eigenvalue weighted by Crippen LogP contribution is -2.35. The van der Waals surface area contributed by atoms with Gasteiger partial charge in [0.2, 0.25) is 0 Å². The van der Waals surface area contributed by atoms with Crippen LogP contribution in [-0.4, -0.2) is 42.6 Å². The van der Waals surface area contributed by atoms with Crippen LogP contribution in [0.2, 0.25) is 0 Å². The van der Waals surface area contributed by atoms with Gasteiger partial charge in [0.05, 0.1) is 0 Å². The topological polar surface area (TPSA) is 15.3 Å². The highest BCUT2D eigenvalue weighted by Crippen LogP contribution is 2.21. The average Bonchev–Trinajstić information content (AvgIpc) is 2.47. The van der Waals surface area contributed by atoms with Gasteiger partial charge in [-0.25, -0.2) is 4.39 Å². The van der Waals surface area contributed by atoms with Crippen molar-refractivity contribution in [2.75, 3.05) is 37.7 Å². The van der Waals surface area contributed by atoms with Gasteiger partial charge in [-0.2, -0.15) is 11.8 Å². The van der Waals surface area contributed by atoms with Crippen LogP contribution in [0, 0.1) is 12.7 Å². The minimum atomic E-state index is -0.0974. The van der Waals surface area contributed by atoms with Gasteiger partial charge in [0, 0.05) is 37.2 Å². The molecule has 0 spiro atoms. The van der Waals surface area contributed by atoms with E-state index in [9.17, 15) is 4.39 Å². The number of benzene rings is 1. The molecule has 2 nitrogen and oxygen atoms in total. The molecule has 1 unspecified atom stereocenters. The number of hydrogen-bond donors (Lipinski definition) is 1. The summed E-state index contributed by atoms with van der Waals surface area (Å²) in [6.07, 6.45) is 1.04. The third-order valence-corrected chi connectivity index (χ3v) is 4.83. The average molecular weight is 296 g/mol. The van der Waals surface area contributed by atoms with Crippen LogP contribution in [0.3, 0.4) is 0 Å². The summed E-state index contributed by atoms with van der Waals surface area (Å²) in [4.78, 5) is 2.52. The van der Waals surface area contributed by atoms with Crippen molar-refractivity contribution in [2.45, 2.75) is 26.3 Å². The highest BCUT2D eigenvalue weighted by molar-refractivity contribution is 7.99. The molecule has 0 amide bonds. The number of halogens is 1. The van der Waals surface area contributed by atoms with Crippen LogP contribution in [0.5, 0.6) is 0 Å². The van der Waals surface area contributed by atoms with Gasteiger partial charge < -0.3 is 10.2 Å². The van der Waals surface area contributed by atoms with E-state index in [1.165, 1.54) is 24.6 Å². The maximum absolute atomic E-state index is 13.7. The van der Waals surface area contributed by atoms with Crippen molar-refractivity contribution in [3.05, 3.63) is 35.1 Å². The van der Waals surface area contributed by atoms with E-state index in [1.54, 1.807) is 6.07 Å². The zero-order valence-corrected chi connectivity index (χ0v) is 13.3. The Balaban J connectivity index is 1.96. The van der Waals surface area contributed by atoms with Crippen LogP contribution in [-0.2, 0) is 0 Å². The van der Waals surface area contributed by atoms with Gasteiger partial charge in [0.25, 0.3) is 0 Å². The third kappa shape index (κ3) is 4.47. The molecular formula is C16H25FN2S. The lowest BCUT2D eigenvalue weighted by molar-refractivity contribution is 0.281. The van der Waals surface area contributed by atoms with Crippen molar-refractivity contribution in [1.82, 2.24) is 10.2 Å². The van der Waals surface area contributed by atoms with Crippen LogP contribution >= 0.6 is 11.8 Å². The molecule has 1 aliphatic rings. The molecule has 20 heavy (non-hydrogen) atoms. The Morgan fingerprint density at radius 1 is 1.35 bits per heavy atom. The van der Waals surface area contributed by atoms with Crippen LogP contribution in [0.1, 0.15) is 30.5 Å². The molecular weight excluding hydrogens is 271 g/mol. The fourth-order valence-corrected chi connectivity index (χ4v) is 3.57. The third-order valence-electron chi connectivity index (χ3n) is 3.89. The zero-order valence-electron chi connectivity index (χ0n) is 12.5. The summed E-state index contributed by atoms with van der Waals surface area (Å²) in [5, 5.41) is 3.49. The first-order chi connectivity index (χ1) is 9.70. The van der Waals surface area contributed by atoms with E-state index in [2.05, 4.69) is 23.2 Å². The van der Waals surface area contributed by atoms with E-state index >= 15 is 0 Å². The first-order valence-corrected chi connectivity index (χ1v) is 8.65. The number of hydrogen-bond acceptors (Lipinski definition) is 3. The Hall–Kier alpha value is -0.580. The highest BCUT2D eigenvalue weighted by Gasteiger charge is 2.15. The van der Waals surface area contributed by atoms with Crippen LogP contribution in [0.15, 0.2) is 18.2 Å². The van der Waals surface area contributed by atoms with Crippen molar-refractivity contribution in [3.8, 4) is 0 Å². The maximum Gasteiger partial charge on any atom is 0.126 e. The molecule has 0 aromatic heterocycles. The number of thioether (sulfide) groups is 1. The maximum atomic E-state index is 13.7. The first kappa shape index (κ1) is 15.8. The van der Waals surface area contributed by atoms with E-state index in [0.29, 0.717) is 0 Å². The van der Waals surface area contributed by atoms with Gasteiger partial charge >= 0.3 is 0 Å². The zero-order chi connectivity index (χ0) is 14.4. The van der Waals surface area contributed by atoms with Gasteiger partial charge in [-0.05, 0) is 37.1 Å². The number of nitrogens with one attached hydrogen (secondary N) is 1. The largest absolute Gasteiger partial charge is 0.310 e. The predicted molar refractivity (Wildman–Crippen MR) is 85.9 cm³/mol. The second-order valence-corrected chi connectivity index (χ2v) is 6.59. The Kier molecular flexibility index (Phi) is 6.33. The molecule has 1 aromatic carbocycles. The monoisotopic (exact) mass is 296 g/mol. The Morgan fingerprint density at radius 2 is 2.10 bits per heavy atom. The Morgan fingerprint density at radius 3 is 2.75 bits per heavy atom. The summed E-state index contributed by atoms with van der Waals surface area (Å²) in [6.45, 7) is 8.29. The standard InChI is InChI=1S/C16H25FN2S/c1-3-18-16(6-7-19-8-10-20-11-9-19)14-5-4-13(2)15(17)12-14/h4-5,12,16,18H,3,6-11H2,1-2H3. The van der Waals surface area contributed by atoms with Crippen LogP contribution in [0.4, 0.5) is 4.39 Å². The molecule has 0 radical (unpaired) electrons. The number of aryl methyl sites for hydroxylation is 1. The van der Waals surface area contributed by atoms with E-state index in [4.69, 9.17) is 0 Å². The normalized spacial score (nSPS) is 18.1. The Labute approximate surface area is 126 Å². The summed E-state index contributed by atoms with van der Waals surface area (Å²) in [5.41, 5.74) is 1.79. The van der Waals surface area contributed by atoms with E-state index in [1.807, 2.05) is 24.8 Å². The fraction of sp³-hybridized carbons (Fsp3) is 0.625. The van der Waals surface area contributed by atoms with E-state index < -0.39 is 0 Å². The van der Waals surface area contributed by atoms with Gasteiger partial charge in [-0.1, -0.05) is 19.1 Å². The molecule has 1 aliphatic heterocycles. The van der Waals surface area contributed by atoms with Crippen molar-refractivity contribution in [2.24, 2.45) is 0 Å². The van der Waals surface area contributed by atoms with Crippen LogP contribution in [0.25, 0.3) is 0 Å². The molecule has 1 fully saturated rings. The molecule has 1 N–H and O–H groups in total. The lowest BCUT2D eigenvalue weighted by Gasteiger charge is -2.28. The van der Waals surface area contributed by atoms with E-state index in [-0.39, 0.29) is 11.9 Å². The molecule has 1 aromatic rings. The second kappa shape index (κ2) is 8.01. The van der Waals surface area contributed by atoms with Crippen molar-refractivity contribution in [3.63, 3.8) is 0 Å². The smallest absolute Gasteiger partial charge is 0.126 e. The minimum absolute atomic E-state index is 0.0974. The fourth-order valence-electron chi connectivity index (χ4n) is 2.60. The molecule has 4 heteroatoms. The molecule has 2 rings (SSSR count). The quantitative estimate of drug-likeness (QED) is 0.868. The molecule has 112 valence electrons. The Bertz CT molecular complexity index is 419. The second-order valence-electron chi connectivity index (χ2n) is 5.36. The molecule has 0 aliphatic carbocycles. The molecule has 1 heterocycles. The van der Waals surface area contributed by atoms with Crippen molar-refractivity contribution < 1.29 is 4.39 Å². The summed E-state index contributed by atoms with van der Waals surface area (Å²) >= 11 is 2.04. The molecule has 1 atom stereocenters. The van der Waals surface area contributed by atoms with E-state index in [0.717, 1.165) is 30.6 Å². The SMILES string of the molecule is CCNC(CCN1CCSCC1)c1ccc(C)c(F)c1. The summed E-state index contributed by atoms with van der Waals surface area (Å²) < 4.78 is 13.7. The first-order valence-electron chi connectivity index (χ1n) is 7.50. The summed E-state index contributed by atoms with van der Waals surface area (Å²) in [5.74, 6) is 2.38. The lowest BCUT2D eigenvalue weighted by atomic mass is 10.0. The van der Waals surface area contributed by atoms with Gasteiger partial charge in [-0.15, -0.1) is 0 Å². The summed E-state index contributed by atoms with van der Waals surface area (Å²) in [7, 11) is 0. The highest BCUT2D eigenvalue weighted by atomic mass is 32.2. The van der Waals surface area contributed by atoms with Crippen LogP contribution < -0.4 is 5.32 Å². The minimum Gasteiger partial charge on any atom is -0.310 e. The predicted octanol–water partition coefficient (Wildman–Crippen LogP) is 3.22.